The lowest BCUT2D eigenvalue weighted by Gasteiger charge is -2.43. The van der Waals surface area contributed by atoms with E-state index in [2.05, 4.69) is 27.3 Å². The van der Waals surface area contributed by atoms with Crippen molar-refractivity contribution in [1.82, 2.24) is 14.9 Å². The molecule has 0 unspecified atom stereocenters. The standard InChI is InChI=1S/C36H47FN6O5/c1-34(2,3)48-33(44)39-26-9-8-24-7-4-12-36(29(24)17-26)19-30-28(22-47-36)31(42-14-6-16-45-27(21-42)10-13-38)41-32(40-30)46-23-35-11-5-15-43(35)20-25(37)18-35/h8-9,17,25,27H,4-7,10-12,14-16,18-23H2,1-3H3,(H,39,44)/t25-,27+,35+,36+/m1/s1. The monoisotopic (exact) mass is 662 g/mol. The zero-order chi connectivity index (χ0) is 33.5. The highest BCUT2D eigenvalue weighted by Gasteiger charge is 2.50. The van der Waals surface area contributed by atoms with E-state index < -0.39 is 23.5 Å². The Morgan fingerprint density at radius 2 is 2.06 bits per heavy atom. The van der Waals surface area contributed by atoms with Crippen molar-refractivity contribution in [3.05, 3.63) is 40.6 Å². The third kappa shape index (κ3) is 6.69. The van der Waals surface area contributed by atoms with Crippen LogP contribution < -0.4 is 15.0 Å². The second-order valence-corrected chi connectivity index (χ2v) is 15.1. The molecule has 1 aromatic heterocycles. The molecule has 7 rings (SSSR count). The average Bonchev–Trinajstić information content (AvgIpc) is 3.45. The van der Waals surface area contributed by atoms with E-state index >= 15 is 0 Å². The minimum Gasteiger partial charge on any atom is -0.461 e. The van der Waals surface area contributed by atoms with Gasteiger partial charge in [0, 0.05) is 50.3 Å². The molecular weight excluding hydrogens is 615 g/mol. The van der Waals surface area contributed by atoms with Crippen LogP contribution in [0.25, 0.3) is 0 Å². The highest BCUT2D eigenvalue weighted by Crippen LogP contribution is 2.47. The summed E-state index contributed by atoms with van der Waals surface area (Å²) in [5.41, 5.74) is 3.13. The first-order valence-electron chi connectivity index (χ1n) is 17.5. The van der Waals surface area contributed by atoms with Gasteiger partial charge in [-0.25, -0.2) is 9.18 Å². The number of rotatable bonds is 6. The Kier molecular flexibility index (Phi) is 8.98. The summed E-state index contributed by atoms with van der Waals surface area (Å²) in [5.74, 6) is 0.755. The second kappa shape index (κ2) is 13.1. The number of hydrogen-bond acceptors (Lipinski definition) is 10. The SMILES string of the molecule is CC(C)(C)OC(=O)Nc1ccc2c(c1)[C@]1(CCC2)Cc2nc(OC[C@@]34CCCN3C[C@H](F)C4)nc(N3CCCO[C@@H](CC#N)C3)c2CO1. The van der Waals surface area contributed by atoms with Gasteiger partial charge in [-0.3, -0.25) is 10.2 Å². The molecule has 1 N–H and O–H groups in total. The minimum atomic E-state index is -0.846. The number of nitriles is 1. The molecule has 1 aromatic carbocycles. The number of hydrogen-bond donors (Lipinski definition) is 1. The lowest BCUT2D eigenvalue weighted by Crippen LogP contribution is -2.44. The van der Waals surface area contributed by atoms with E-state index in [9.17, 15) is 14.4 Å². The Morgan fingerprint density at radius 1 is 1.19 bits per heavy atom. The highest BCUT2D eigenvalue weighted by atomic mass is 19.1. The summed E-state index contributed by atoms with van der Waals surface area (Å²) in [5, 5.41) is 12.3. The van der Waals surface area contributed by atoms with Crippen LogP contribution in [0.2, 0.25) is 0 Å². The van der Waals surface area contributed by atoms with Gasteiger partial charge >= 0.3 is 12.1 Å². The predicted molar refractivity (Wildman–Crippen MR) is 177 cm³/mol. The van der Waals surface area contributed by atoms with E-state index in [1.165, 1.54) is 5.56 Å². The molecule has 12 heteroatoms. The van der Waals surface area contributed by atoms with Crippen molar-refractivity contribution in [3.63, 3.8) is 0 Å². The number of aromatic nitrogens is 2. The molecule has 3 saturated heterocycles. The second-order valence-electron chi connectivity index (χ2n) is 15.1. The summed E-state index contributed by atoms with van der Waals surface area (Å²) in [7, 11) is 0. The highest BCUT2D eigenvalue weighted by molar-refractivity contribution is 5.85. The Balaban J connectivity index is 1.22. The molecule has 0 radical (unpaired) electrons. The molecule has 1 spiro atoms. The van der Waals surface area contributed by atoms with Crippen molar-refractivity contribution in [2.45, 2.75) is 114 Å². The molecule has 11 nitrogen and oxygen atoms in total. The molecule has 0 saturated carbocycles. The van der Waals surface area contributed by atoms with Crippen molar-refractivity contribution in [3.8, 4) is 12.1 Å². The van der Waals surface area contributed by atoms with E-state index in [0.29, 0.717) is 63.9 Å². The maximum absolute atomic E-state index is 14.6. The number of carbonyl (C=O) groups is 1. The van der Waals surface area contributed by atoms with Crippen molar-refractivity contribution in [2.75, 3.05) is 49.6 Å². The molecule has 5 heterocycles. The smallest absolute Gasteiger partial charge is 0.412 e. The third-order valence-corrected chi connectivity index (χ3v) is 10.5. The van der Waals surface area contributed by atoms with Gasteiger partial charge in [0.05, 0.1) is 42.0 Å². The number of ether oxygens (including phenoxy) is 4. The molecule has 0 bridgehead atoms. The van der Waals surface area contributed by atoms with Gasteiger partial charge in [0.25, 0.3) is 0 Å². The van der Waals surface area contributed by atoms with Gasteiger partial charge in [-0.05, 0) is 89.1 Å². The van der Waals surface area contributed by atoms with Crippen LogP contribution in [-0.2, 0) is 39.3 Å². The van der Waals surface area contributed by atoms with E-state index in [1.807, 2.05) is 32.9 Å². The van der Waals surface area contributed by atoms with Crippen LogP contribution in [0.15, 0.2) is 18.2 Å². The zero-order valence-electron chi connectivity index (χ0n) is 28.4. The molecule has 5 aliphatic rings. The number of alkyl halides is 1. The number of fused-ring (bicyclic) bond motifs is 4. The lowest BCUT2D eigenvalue weighted by atomic mass is 9.74. The van der Waals surface area contributed by atoms with Crippen molar-refractivity contribution in [1.29, 1.82) is 5.26 Å². The molecule has 48 heavy (non-hydrogen) atoms. The van der Waals surface area contributed by atoms with Crippen LogP contribution in [-0.4, -0.2) is 83.8 Å². The van der Waals surface area contributed by atoms with E-state index in [4.69, 9.17) is 28.9 Å². The molecule has 2 aromatic rings. The first-order valence-corrected chi connectivity index (χ1v) is 17.5. The van der Waals surface area contributed by atoms with Gasteiger partial charge < -0.3 is 23.8 Å². The Morgan fingerprint density at radius 3 is 2.90 bits per heavy atom. The fraction of sp³-hybridized carbons (Fsp3) is 0.667. The fourth-order valence-corrected chi connectivity index (χ4v) is 8.36. The van der Waals surface area contributed by atoms with Crippen LogP contribution in [0, 0.1) is 11.3 Å². The van der Waals surface area contributed by atoms with Crippen molar-refractivity contribution in [2.24, 2.45) is 0 Å². The van der Waals surface area contributed by atoms with Crippen molar-refractivity contribution >= 4 is 17.6 Å². The molecule has 1 aliphatic carbocycles. The topological polar surface area (TPSA) is 122 Å². The number of amides is 1. The normalized spacial score (nSPS) is 28.6. The Bertz CT molecular complexity index is 1580. The van der Waals surface area contributed by atoms with Gasteiger partial charge in [-0.1, -0.05) is 6.07 Å². The van der Waals surface area contributed by atoms with Crippen LogP contribution in [0.3, 0.4) is 0 Å². The largest absolute Gasteiger partial charge is 0.461 e. The lowest BCUT2D eigenvalue weighted by molar-refractivity contribution is -0.0855. The first kappa shape index (κ1) is 33.0. The van der Waals surface area contributed by atoms with E-state index in [1.54, 1.807) is 0 Å². The van der Waals surface area contributed by atoms with Crippen LogP contribution in [0.4, 0.5) is 20.7 Å². The molecule has 258 valence electrons. The maximum Gasteiger partial charge on any atom is 0.412 e. The number of halogens is 1. The molecule has 4 atom stereocenters. The number of anilines is 2. The summed E-state index contributed by atoms with van der Waals surface area (Å²) in [6.45, 7) is 9.36. The Labute approximate surface area is 282 Å². The molecule has 3 fully saturated rings. The molecular formula is C36H47FN6O5. The van der Waals surface area contributed by atoms with Gasteiger partial charge in [-0.2, -0.15) is 15.2 Å². The summed E-state index contributed by atoms with van der Waals surface area (Å²) in [6.07, 6.45) is 5.14. The maximum atomic E-state index is 14.6. The third-order valence-electron chi connectivity index (χ3n) is 10.5. The minimum absolute atomic E-state index is 0.227. The van der Waals surface area contributed by atoms with E-state index in [0.717, 1.165) is 74.3 Å². The van der Waals surface area contributed by atoms with Gasteiger partial charge in [0.15, 0.2) is 0 Å². The predicted octanol–water partition coefficient (Wildman–Crippen LogP) is 5.59. The van der Waals surface area contributed by atoms with E-state index in [-0.39, 0.29) is 11.6 Å². The summed E-state index contributed by atoms with van der Waals surface area (Å²) >= 11 is 0. The Hall–Kier alpha value is -3.53. The molecule has 4 aliphatic heterocycles. The first-order chi connectivity index (χ1) is 23.0. The number of benzene rings is 1. The van der Waals surface area contributed by atoms with Gasteiger partial charge in [0.2, 0.25) is 0 Å². The summed E-state index contributed by atoms with van der Waals surface area (Å²) < 4.78 is 39.4. The summed E-state index contributed by atoms with van der Waals surface area (Å²) in [6, 6.07) is 8.56. The van der Waals surface area contributed by atoms with Gasteiger partial charge in [-0.15, -0.1) is 0 Å². The van der Waals surface area contributed by atoms with Crippen molar-refractivity contribution < 1.29 is 28.1 Å². The number of aryl methyl sites for hydroxylation is 1. The average molecular weight is 663 g/mol. The van der Waals surface area contributed by atoms with Crippen LogP contribution in [0.1, 0.15) is 88.1 Å². The zero-order valence-corrected chi connectivity index (χ0v) is 28.4. The fourth-order valence-electron chi connectivity index (χ4n) is 8.36. The number of nitrogens with zero attached hydrogens (tertiary/aromatic N) is 5. The van der Waals surface area contributed by atoms with Crippen LogP contribution >= 0.6 is 0 Å². The summed E-state index contributed by atoms with van der Waals surface area (Å²) in [4.78, 5) is 27.1. The quantitative estimate of drug-likeness (QED) is 0.419. The number of carbonyl (C=O) groups excluding carboxylic acids is 1. The van der Waals surface area contributed by atoms with Crippen LogP contribution in [0.5, 0.6) is 6.01 Å². The van der Waals surface area contributed by atoms with Gasteiger partial charge in [0.1, 0.15) is 24.2 Å². The number of nitrogens with one attached hydrogen (secondary N) is 1. The molecule has 1 amide bonds.